The number of rotatable bonds is 10. The van der Waals surface area contributed by atoms with Gasteiger partial charge in [0.2, 0.25) is 0 Å². The molecule has 1 spiro atoms. The Morgan fingerprint density at radius 2 is 1.94 bits per heavy atom. The van der Waals surface area contributed by atoms with Crippen molar-refractivity contribution < 1.29 is 9.59 Å². The molecule has 0 aromatic carbocycles. The third-order valence-corrected chi connectivity index (χ3v) is 9.84. The minimum atomic E-state index is -0.0784. The van der Waals surface area contributed by atoms with Crippen LogP contribution in [0.15, 0.2) is 24.4 Å². The molecule has 4 aliphatic rings. The zero-order valence-corrected chi connectivity index (χ0v) is 21.4. The number of imidazole rings is 1. The second-order valence-electron chi connectivity index (χ2n) is 11.7. The fourth-order valence-electron chi connectivity index (χ4n) is 7.89. The molecule has 1 N–H and O–H groups in total. The molecule has 4 fully saturated rings. The van der Waals surface area contributed by atoms with Crippen LogP contribution in [0.3, 0.4) is 0 Å². The molecule has 7 heteroatoms. The van der Waals surface area contributed by atoms with Crippen molar-refractivity contribution in [2.45, 2.75) is 52.9 Å². The van der Waals surface area contributed by atoms with E-state index in [1.807, 2.05) is 30.0 Å². The minimum Gasteiger partial charge on any atom is -0.350 e. The topological polar surface area (TPSA) is 70.0 Å². The van der Waals surface area contributed by atoms with Crippen LogP contribution >= 0.6 is 0 Å². The van der Waals surface area contributed by atoms with Crippen LogP contribution in [0.4, 0.5) is 0 Å². The molecule has 35 heavy (non-hydrogen) atoms. The van der Waals surface area contributed by atoms with E-state index in [2.05, 4.69) is 29.0 Å². The lowest BCUT2D eigenvalue weighted by Gasteiger charge is -2.36. The summed E-state index contributed by atoms with van der Waals surface area (Å²) in [7, 11) is 0. The second-order valence-corrected chi connectivity index (χ2v) is 11.7. The number of fused-ring (bicyclic) bond motifs is 3. The van der Waals surface area contributed by atoms with Crippen molar-refractivity contribution in [3.8, 4) is 0 Å². The van der Waals surface area contributed by atoms with Gasteiger partial charge in [-0.2, -0.15) is 0 Å². The zero-order valence-electron chi connectivity index (χ0n) is 21.4. The van der Waals surface area contributed by atoms with Crippen LogP contribution in [0, 0.1) is 28.6 Å². The van der Waals surface area contributed by atoms with E-state index in [0.717, 1.165) is 43.9 Å². The molecule has 0 aliphatic heterocycles. The molecular weight excluding hydrogens is 438 g/mol. The summed E-state index contributed by atoms with van der Waals surface area (Å²) in [6, 6.07) is 5.55. The number of likely N-dealkylation sites (N-methyl/N-ethyl adjacent to an activating group) is 2. The van der Waals surface area contributed by atoms with Gasteiger partial charge in [0.1, 0.15) is 17.0 Å². The van der Waals surface area contributed by atoms with Crippen LogP contribution in [-0.4, -0.2) is 70.3 Å². The van der Waals surface area contributed by atoms with E-state index in [-0.39, 0.29) is 11.8 Å². The van der Waals surface area contributed by atoms with Crippen LogP contribution in [0.2, 0.25) is 0 Å². The molecule has 5 unspecified atom stereocenters. The van der Waals surface area contributed by atoms with Crippen molar-refractivity contribution in [1.82, 2.24) is 24.5 Å². The average molecular weight is 478 g/mol. The largest absolute Gasteiger partial charge is 0.350 e. The molecule has 2 bridgehead atoms. The molecule has 0 radical (unpaired) electrons. The molecule has 4 aliphatic carbocycles. The van der Waals surface area contributed by atoms with Gasteiger partial charge >= 0.3 is 0 Å². The number of aromatic nitrogens is 2. The van der Waals surface area contributed by atoms with E-state index < -0.39 is 0 Å². The van der Waals surface area contributed by atoms with Crippen molar-refractivity contribution in [2.75, 3.05) is 39.3 Å². The summed E-state index contributed by atoms with van der Waals surface area (Å²) < 4.78 is 1.78. The highest BCUT2D eigenvalue weighted by Gasteiger charge is 2.76. The van der Waals surface area contributed by atoms with Gasteiger partial charge in [-0.1, -0.05) is 19.9 Å². The van der Waals surface area contributed by atoms with Gasteiger partial charge in [0, 0.05) is 32.4 Å². The molecule has 0 saturated heterocycles. The predicted octanol–water partition coefficient (Wildman–Crippen LogP) is 3.69. The number of carbonyl (C=O) groups excluding carboxylic acids is 2. The Kier molecular flexibility index (Phi) is 5.47. The highest BCUT2D eigenvalue weighted by atomic mass is 16.2. The summed E-state index contributed by atoms with van der Waals surface area (Å²) in [5.41, 5.74) is 2.55. The Bertz CT molecular complexity index is 1150. The standard InChI is InChI=1S/C28H39N5O2/c1-4-31(5-2)10-11-32(6-3)26(35)22-16-33-23(8-7-9-24(33)30-22)25(34)29-18-27-13-19-12-21(19)28(17-27)15-20(28)14-27/h7-9,16,19-21H,4-6,10-15,17-18H2,1-3H3,(H,29,34). The predicted molar refractivity (Wildman–Crippen MR) is 135 cm³/mol. The fraction of sp³-hybridized carbons (Fsp3) is 0.679. The SMILES string of the molecule is CCN(CC)CCN(CC)C(=O)c1cn2c(C(=O)NCC34CC5CC5C5(CC5C3)C4)cccc2n1. The van der Waals surface area contributed by atoms with E-state index in [1.54, 1.807) is 10.6 Å². The Hall–Kier alpha value is -2.41. The third-order valence-electron chi connectivity index (χ3n) is 9.84. The lowest BCUT2D eigenvalue weighted by atomic mass is 9.71. The van der Waals surface area contributed by atoms with E-state index in [4.69, 9.17) is 0 Å². The lowest BCUT2D eigenvalue weighted by molar-refractivity contribution is 0.0741. The first kappa shape index (κ1) is 23.0. The Morgan fingerprint density at radius 1 is 1.11 bits per heavy atom. The van der Waals surface area contributed by atoms with Gasteiger partial charge in [-0.25, -0.2) is 4.98 Å². The monoisotopic (exact) mass is 477 g/mol. The summed E-state index contributed by atoms with van der Waals surface area (Å²) in [5.74, 6) is 2.70. The molecule has 4 saturated carbocycles. The van der Waals surface area contributed by atoms with Gasteiger partial charge in [0.05, 0.1) is 0 Å². The summed E-state index contributed by atoms with van der Waals surface area (Å²) in [5, 5.41) is 3.29. The van der Waals surface area contributed by atoms with Gasteiger partial charge in [-0.05, 0) is 92.8 Å². The Balaban J connectivity index is 1.15. The van der Waals surface area contributed by atoms with Crippen molar-refractivity contribution >= 4 is 17.5 Å². The van der Waals surface area contributed by atoms with Gasteiger partial charge in [-0.15, -0.1) is 0 Å². The van der Waals surface area contributed by atoms with Crippen LogP contribution in [0.1, 0.15) is 73.9 Å². The normalized spacial score (nSPS) is 31.8. The molecule has 5 atom stereocenters. The number of carbonyl (C=O) groups is 2. The van der Waals surface area contributed by atoms with E-state index in [9.17, 15) is 9.59 Å². The van der Waals surface area contributed by atoms with Crippen LogP contribution in [0.5, 0.6) is 0 Å². The molecule has 2 heterocycles. The number of nitrogens with zero attached hydrogens (tertiary/aromatic N) is 4. The van der Waals surface area contributed by atoms with Crippen molar-refractivity contribution in [2.24, 2.45) is 28.6 Å². The maximum atomic E-state index is 13.3. The number of hydrogen-bond acceptors (Lipinski definition) is 4. The van der Waals surface area contributed by atoms with Crippen molar-refractivity contribution in [1.29, 1.82) is 0 Å². The molecule has 2 aromatic heterocycles. The molecule has 6 rings (SSSR count). The first-order valence-electron chi connectivity index (χ1n) is 13.7. The van der Waals surface area contributed by atoms with Crippen LogP contribution < -0.4 is 5.32 Å². The smallest absolute Gasteiger partial charge is 0.274 e. The second kappa shape index (κ2) is 8.32. The summed E-state index contributed by atoms with van der Waals surface area (Å²) >= 11 is 0. The number of pyridine rings is 1. The molecule has 2 aromatic rings. The molecule has 2 amide bonds. The van der Waals surface area contributed by atoms with E-state index >= 15 is 0 Å². The first-order valence-corrected chi connectivity index (χ1v) is 13.7. The number of nitrogens with one attached hydrogen (secondary N) is 1. The van der Waals surface area contributed by atoms with Gasteiger partial charge < -0.3 is 15.1 Å². The maximum absolute atomic E-state index is 13.3. The molecular formula is C28H39N5O2. The molecule has 188 valence electrons. The van der Waals surface area contributed by atoms with Crippen molar-refractivity contribution in [3.63, 3.8) is 0 Å². The van der Waals surface area contributed by atoms with Crippen LogP contribution in [0.25, 0.3) is 5.65 Å². The highest BCUT2D eigenvalue weighted by Crippen LogP contribution is 2.83. The average Bonchev–Trinajstić information content (AvgIpc) is 3.70. The fourth-order valence-corrected chi connectivity index (χ4v) is 7.89. The number of amides is 2. The highest BCUT2D eigenvalue weighted by molar-refractivity contribution is 5.95. The third kappa shape index (κ3) is 3.78. The van der Waals surface area contributed by atoms with Gasteiger partial charge in [0.15, 0.2) is 0 Å². The van der Waals surface area contributed by atoms with Gasteiger partial charge in [0.25, 0.3) is 11.8 Å². The molecule has 7 nitrogen and oxygen atoms in total. The van der Waals surface area contributed by atoms with E-state index in [0.29, 0.717) is 41.0 Å². The van der Waals surface area contributed by atoms with Crippen LogP contribution in [-0.2, 0) is 0 Å². The van der Waals surface area contributed by atoms with Crippen molar-refractivity contribution in [3.05, 3.63) is 35.8 Å². The number of hydrogen-bond donors (Lipinski definition) is 1. The quantitative estimate of drug-likeness (QED) is 0.567. The zero-order chi connectivity index (χ0) is 24.4. The Morgan fingerprint density at radius 3 is 2.71 bits per heavy atom. The lowest BCUT2D eigenvalue weighted by Crippen LogP contribution is -2.40. The van der Waals surface area contributed by atoms with Gasteiger partial charge in [-0.3, -0.25) is 14.0 Å². The maximum Gasteiger partial charge on any atom is 0.274 e. The first-order chi connectivity index (χ1) is 16.9. The summed E-state index contributed by atoms with van der Waals surface area (Å²) in [6.07, 6.45) is 8.53. The Labute approximate surface area is 208 Å². The minimum absolute atomic E-state index is 0.0669. The summed E-state index contributed by atoms with van der Waals surface area (Å²) in [6.45, 7) is 11.1. The summed E-state index contributed by atoms with van der Waals surface area (Å²) in [4.78, 5) is 35.3. The van der Waals surface area contributed by atoms with E-state index in [1.165, 1.54) is 32.1 Å².